The van der Waals surface area contributed by atoms with Gasteiger partial charge in [-0.2, -0.15) is 0 Å². The van der Waals surface area contributed by atoms with Crippen molar-refractivity contribution in [2.24, 2.45) is 0 Å². The number of nitrogens with zero attached hydrogens (tertiary/aromatic N) is 2. The van der Waals surface area contributed by atoms with Crippen LogP contribution in [0.4, 0.5) is 0 Å². The SMILES string of the molecule is CC.CC.CCC(C)c1ccccc1-c1nc2cc3c(cc2n1-c1c(C)cccc1C)C1CCC3CC1. The van der Waals surface area contributed by atoms with Crippen molar-refractivity contribution in [3.8, 4) is 17.1 Å². The highest BCUT2D eigenvalue weighted by Crippen LogP contribution is 2.50. The molecule has 0 radical (unpaired) electrons. The van der Waals surface area contributed by atoms with E-state index < -0.39 is 0 Å². The van der Waals surface area contributed by atoms with Crippen LogP contribution < -0.4 is 0 Å². The molecule has 2 nitrogen and oxygen atoms in total. The maximum Gasteiger partial charge on any atom is 0.146 e. The first-order chi connectivity index (χ1) is 18.1. The molecule has 4 aromatic rings. The summed E-state index contributed by atoms with van der Waals surface area (Å²) < 4.78 is 2.48. The minimum Gasteiger partial charge on any atom is -0.292 e. The molecule has 0 aliphatic heterocycles. The van der Waals surface area contributed by atoms with Crippen LogP contribution in [0, 0.1) is 13.8 Å². The molecule has 7 rings (SSSR count). The van der Waals surface area contributed by atoms with Gasteiger partial charge in [0.15, 0.2) is 0 Å². The highest BCUT2D eigenvalue weighted by Gasteiger charge is 2.34. The normalized spacial score (nSPS) is 18.4. The van der Waals surface area contributed by atoms with E-state index in [1.54, 1.807) is 11.1 Å². The zero-order valence-corrected chi connectivity index (χ0v) is 24.4. The smallest absolute Gasteiger partial charge is 0.146 e. The number of para-hydroxylation sites is 1. The zero-order valence-electron chi connectivity index (χ0n) is 24.4. The Morgan fingerprint density at radius 2 is 1.38 bits per heavy atom. The van der Waals surface area contributed by atoms with E-state index in [1.807, 2.05) is 27.7 Å². The van der Waals surface area contributed by atoms with Crippen LogP contribution in [0.5, 0.6) is 0 Å². The third-order valence-corrected chi connectivity index (χ3v) is 8.47. The third kappa shape index (κ3) is 4.76. The van der Waals surface area contributed by atoms with Gasteiger partial charge < -0.3 is 0 Å². The Labute approximate surface area is 225 Å². The van der Waals surface area contributed by atoms with Crippen molar-refractivity contribution in [3.05, 3.63) is 82.4 Å². The molecule has 0 N–H and O–H groups in total. The average molecular weight is 495 g/mol. The van der Waals surface area contributed by atoms with Gasteiger partial charge in [0.1, 0.15) is 5.82 Å². The molecule has 3 aliphatic rings. The van der Waals surface area contributed by atoms with Crippen molar-refractivity contribution >= 4 is 11.0 Å². The van der Waals surface area contributed by atoms with E-state index in [1.165, 1.54) is 59.1 Å². The van der Waals surface area contributed by atoms with Crippen molar-refractivity contribution in [3.63, 3.8) is 0 Å². The second-order valence-electron chi connectivity index (χ2n) is 10.4. The summed E-state index contributed by atoms with van der Waals surface area (Å²) in [6.45, 7) is 17.1. The minimum absolute atomic E-state index is 0.497. The maximum absolute atomic E-state index is 5.37. The van der Waals surface area contributed by atoms with Crippen molar-refractivity contribution in [1.82, 2.24) is 9.55 Å². The lowest BCUT2D eigenvalue weighted by Crippen LogP contribution is -2.21. The first-order valence-electron chi connectivity index (χ1n) is 14.8. The molecule has 3 aliphatic carbocycles. The predicted octanol–water partition coefficient (Wildman–Crippen LogP) is 10.6. The van der Waals surface area contributed by atoms with E-state index >= 15 is 0 Å². The van der Waals surface area contributed by atoms with Gasteiger partial charge in [0.25, 0.3) is 0 Å². The summed E-state index contributed by atoms with van der Waals surface area (Å²) in [5, 5.41) is 0. The molecule has 1 atom stereocenters. The van der Waals surface area contributed by atoms with Crippen LogP contribution >= 0.6 is 0 Å². The Balaban J connectivity index is 0.000000765. The fourth-order valence-electron chi connectivity index (χ4n) is 6.49. The zero-order chi connectivity index (χ0) is 26.7. The van der Waals surface area contributed by atoms with E-state index in [4.69, 9.17) is 4.98 Å². The molecule has 1 fully saturated rings. The molecule has 0 saturated heterocycles. The van der Waals surface area contributed by atoms with Gasteiger partial charge in [-0.05, 0) is 104 Å². The predicted molar refractivity (Wildman–Crippen MR) is 161 cm³/mol. The van der Waals surface area contributed by atoms with Gasteiger partial charge in [-0.25, -0.2) is 4.98 Å². The van der Waals surface area contributed by atoms with Gasteiger partial charge >= 0.3 is 0 Å². The van der Waals surface area contributed by atoms with Crippen LogP contribution in [0.15, 0.2) is 54.6 Å². The Morgan fingerprint density at radius 3 is 1.97 bits per heavy atom. The average Bonchev–Trinajstić information content (AvgIpc) is 3.32. The van der Waals surface area contributed by atoms with Crippen LogP contribution in [0.25, 0.3) is 28.1 Å². The number of aromatic nitrogens is 2. The Morgan fingerprint density at radius 1 is 0.811 bits per heavy atom. The van der Waals surface area contributed by atoms with E-state index in [-0.39, 0.29) is 0 Å². The van der Waals surface area contributed by atoms with Crippen LogP contribution in [-0.4, -0.2) is 9.55 Å². The fourth-order valence-corrected chi connectivity index (χ4v) is 6.49. The number of benzene rings is 3. The fraction of sp³-hybridized carbons (Fsp3) is 0.457. The molecule has 2 bridgehead atoms. The molecule has 196 valence electrons. The summed E-state index contributed by atoms with van der Waals surface area (Å²) in [4.78, 5) is 5.37. The topological polar surface area (TPSA) is 17.8 Å². The van der Waals surface area contributed by atoms with Crippen LogP contribution in [0.2, 0.25) is 0 Å². The van der Waals surface area contributed by atoms with Crippen molar-refractivity contribution < 1.29 is 0 Å². The summed E-state index contributed by atoms with van der Waals surface area (Å²) in [6, 6.07) is 20.5. The molecule has 1 unspecified atom stereocenters. The number of imidazole rings is 1. The van der Waals surface area contributed by atoms with Gasteiger partial charge in [0, 0.05) is 5.56 Å². The lowest BCUT2D eigenvalue weighted by Gasteiger charge is -2.38. The highest BCUT2D eigenvalue weighted by atomic mass is 15.1. The standard InChI is InChI=1S/C31H34N2.2C2H6/c1-5-19(2)24-11-6-7-12-25(24)31-32-28-17-26-22-13-15-23(16-14-22)27(26)18-29(28)33(31)30-20(3)9-8-10-21(30)4;2*1-2/h6-12,17-19,22-23H,5,13-16H2,1-4H3;2*1-2H3. The summed E-state index contributed by atoms with van der Waals surface area (Å²) in [6.07, 6.45) is 6.53. The van der Waals surface area contributed by atoms with Gasteiger partial charge in [-0.3, -0.25) is 4.57 Å². The summed E-state index contributed by atoms with van der Waals surface area (Å²) in [5.41, 5.74) is 12.2. The van der Waals surface area contributed by atoms with Gasteiger partial charge in [-0.1, -0.05) is 84.0 Å². The lowest BCUT2D eigenvalue weighted by molar-refractivity contribution is 0.359. The highest BCUT2D eigenvalue weighted by molar-refractivity contribution is 5.86. The second kappa shape index (κ2) is 11.7. The Kier molecular flexibility index (Phi) is 8.57. The molecule has 2 heteroatoms. The van der Waals surface area contributed by atoms with E-state index in [9.17, 15) is 0 Å². The largest absolute Gasteiger partial charge is 0.292 e. The van der Waals surface area contributed by atoms with Gasteiger partial charge in [0.2, 0.25) is 0 Å². The molecule has 0 amide bonds. The molecule has 1 aromatic heterocycles. The lowest BCUT2D eigenvalue weighted by atomic mass is 9.67. The Hall–Kier alpha value is -2.87. The maximum atomic E-state index is 5.37. The monoisotopic (exact) mass is 494 g/mol. The summed E-state index contributed by atoms with van der Waals surface area (Å²) >= 11 is 0. The molecule has 1 heterocycles. The molecular weight excluding hydrogens is 448 g/mol. The minimum atomic E-state index is 0.497. The third-order valence-electron chi connectivity index (χ3n) is 8.47. The van der Waals surface area contributed by atoms with Crippen LogP contribution in [-0.2, 0) is 0 Å². The summed E-state index contributed by atoms with van der Waals surface area (Å²) in [7, 11) is 0. The quantitative estimate of drug-likeness (QED) is 0.276. The Bertz CT molecular complexity index is 1330. The van der Waals surface area contributed by atoms with Crippen molar-refractivity contribution in [1.29, 1.82) is 0 Å². The second-order valence-corrected chi connectivity index (χ2v) is 10.4. The van der Waals surface area contributed by atoms with Gasteiger partial charge in [0.05, 0.1) is 16.7 Å². The number of hydrogen-bond acceptors (Lipinski definition) is 1. The molecule has 0 spiro atoms. The van der Waals surface area contributed by atoms with Gasteiger partial charge in [-0.15, -0.1) is 0 Å². The number of fused-ring (bicyclic) bond motifs is 3. The van der Waals surface area contributed by atoms with E-state index in [0.717, 1.165) is 29.6 Å². The molecular formula is C35H46N2. The van der Waals surface area contributed by atoms with E-state index in [2.05, 4.69) is 86.9 Å². The van der Waals surface area contributed by atoms with Crippen LogP contribution in [0.1, 0.15) is 119 Å². The number of hydrogen-bond donors (Lipinski definition) is 0. The number of rotatable bonds is 4. The summed E-state index contributed by atoms with van der Waals surface area (Å²) in [5.74, 6) is 3.05. The van der Waals surface area contributed by atoms with Crippen molar-refractivity contribution in [2.45, 2.75) is 105 Å². The number of aryl methyl sites for hydroxylation is 2. The molecule has 3 aromatic carbocycles. The van der Waals surface area contributed by atoms with Crippen LogP contribution in [0.3, 0.4) is 0 Å². The molecule has 37 heavy (non-hydrogen) atoms. The molecule has 1 saturated carbocycles. The first kappa shape index (κ1) is 27.2. The first-order valence-corrected chi connectivity index (χ1v) is 14.8. The van der Waals surface area contributed by atoms with Crippen molar-refractivity contribution in [2.75, 3.05) is 0 Å². The van der Waals surface area contributed by atoms with E-state index in [0.29, 0.717) is 5.92 Å².